The molecule has 1 rings (SSSR count). The third-order valence-electron chi connectivity index (χ3n) is 3.75. The maximum atomic E-state index is 6.44. The molecule has 1 unspecified atom stereocenters. The summed E-state index contributed by atoms with van der Waals surface area (Å²) in [5.74, 6) is 0.883. The van der Waals surface area contributed by atoms with E-state index in [1.807, 2.05) is 38.1 Å². The van der Waals surface area contributed by atoms with Crippen molar-refractivity contribution in [3.05, 3.63) is 29.8 Å². The Morgan fingerprint density at radius 3 is 2.00 bits per heavy atom. The fourth-order valence-corrected chi connectivity index (χ4v) is 2.51. The lowest BCUT2D eigenvalue weighted by atomic mass is 9.84. The fraction of sp³-hybridized carbons (Fsp3) is 0.625. The highest BCUT2D eigenvalue weighted by Crippen LogP contribution is 2.34. The Morgan fingerprint density at radius 1 is 1.00 bits per heavy atom. The van der Waals surface area contributed by atoms with Crippen molar-refractivity contribution in [3.63, 3.8) is 0 Å². The van der Waals surface area contributed by atoms with Gasteiger partial charge in [-0.05, 0) is 44.4 Å². The second-order valence-corrected chi connectivity index (χ2v) is 4.68. The van der Waals surface area contributed by atoms with E-state index in [9.17, 15) is 0 Å². The molecule has 2 N–H and O–H groups in total. The third-order valence-corrected chi connectivity index (χ3v) is 3.75. The van der Waals surface area contributed by atoms with Crippen molar-refractivity contribution in [1.82, 2.24) is 0 Å². The summed E-state index contributed by atoms with van der Waals surface area (Å²) >= 11 is 0. The molecule has 108 valence electrons. The summed E-state index contributed by atoms with van der Waals surface area (Å²) in [6.07, 6.45) is 1.82. The van der Waals surface area contributed by atoms with Gasteiger partial charge in [0.1, 0.15) is 5.75 Å². The first-order valence-corrected chi connectivity index (χ1v) is 7.25. The number of nitrogens with two attached hydrogens (primary N) is 1. The van der Waals surface area contributed by atoms with Crippen molar-refractivity contribution in [2.24, 2.45) is 5.73 Å². The molecule has 0 aliphatic rings. The summed E-state index contributed by atoms with van der Waals surface area (Å²) in [5, 5.41) is 0. The molecule has 3 heteroatoms. The molecule has 19 heavy (non-hydrogen) atoms. The molecule has 0 spiro atoms. The third kappa shape index (κ3) is 3.71. The Balaban J connectivity index is 2.92. The van der Waals surface area contributed by atoms with Crippen LogP contribution in [0.15, 0.2) is 24.3 Å². The number of rotatable bonds is 8. The van der Waals surface area contributed by atoms with Gasteiger partial charge in [0.2, 0.25) is 0 Å². The molecule has 0 heterocycles. The summed E-state index contributed by atoms with van der Waals surface area (Å²) < 4.78 is 11.4. The first kappa shape index (κ1) is 16.0. The molecule has 0 saturated carbocycles. The van der Waals surface area contributed by atoms with Crippen molar-refractivity contribution < 1.29 is 9.47 Å². The predicted octanol–water partition coefficient (Wildman–Crippen LogP) is 3.68. The average Bonchev–Trinajstić information content (AvgIpc) is 2.45. The largest absolute Gasteiger partial charge is 0.494 e. The van der Waals surface area contributed by atoms with E-state index in [4.69, 9.17) is 15.2 Å². The topological polar surface area (TPSA) is 44.5 Å². The minimum absolute atomic E-state index is 0.113. The van der Waals surface area contributed by atoms with Crippen LogP contribution in [0.25, 0.3) is 0 Å². The van der Waals surface area contributed by atoms with Crippen molar-refractivity contribution in [1.29, 1.82) is 0 Å². The number of benzene rings is 1. The highest BCUT2D eigenvalue weighted by molar-refractivity contribution is 5.30. The van der Waals surface area contributed by atoms with Gasteiger partial charge in [-0.25, -0.2) is 0 Å². The van der Waals surface area contributed by atoms with Crippen LogP contribution >= 0.6 is 0 Å². The second kappa shape index (κ2) is 7.51. The molecule has 0 bridgehead atoms. The van der Waals surface area contributed by atoms with E-state index >= 15 is 0 Å². The van der Waals surface area contributed by atoms with Gasteiger partial charge >= 0.3 is 0 Å². The van der Waals surface area contributed by atoms with Crippen LogP contribution in [0.2, 0.25) is 0 Å². The fourth-order valence-electron chi connectivity index (χ4n) is 2.51. The van der Waals surface area contributed by atoms with Crippen molar-refractivity contribution in [3.8, 4) is 5.75 Å². The van der Waals surface area contributed by atoms with Crippen LogP contribution < -0.4 is 10.5 Å². The van der Waals surface area contributed by atoms with E-state index in [2.05, 4.69) is 13.8 Å². The zero-order valence-electron chi connectivity index (χ0n) is 12.6. The minimum Gasteiger partial charge on any atom is -0.494 e. The van der Waals surface area contributed by atoms with Crippen LogP contribution in [0, 0.1) is 0 Å². The minimum atomic E-state index is -0.276. The number of hydrogen-bond acceptors (Lipinski definition) is 3. The zero-order chi connectivity index (χ0) is 14.3. The SMILES string of the molecule is CCOc1ccc(C(N)C(CC)(CC)OCC)cc1. The Kier molecular flexibility index (Phi) is 6.32. The van der Waals surface area contributed by atoms with Crippen LogP contribution in [-0.4, -0.2) is 18.8 Å². The van der Waals surface area contributed by atoms with Gasteiger partial charge in [-0.3, -0.25) is 0 Å². The van der Waals surface area contributed by atoms with Gasteiger partial charge in [-0.15, -0.1) is 0 Å². The lowest BCUT2D eigenvalue weighted by molar-refractivity contribution is -0.0645. The number of ether oxygens (including phenoxy) is 2. The van der Waals surface area contributed by atoms with Gasteiger partial charge in [-0.2, -0.15) is 0 Å². The molecule has 3 nitrogen and oxygen atoms in total. The molecule has 0 amide bonds. The quantitative estimate of drug-likeness (QED) is 0.779. The standard InChI is InChI=1S/C16H27NO2/c1-5-16(6-2,19-8-4)15(17)13-9-11-14(12-10-13)18-7-3/h9-12,15H,5-8,17H2,1-4H3. The zero-order valence-corrected chi connectivity index (χ0v) is 12.6. The maximum absolute atomic E-state index is 6.44. The van der Waals surface area contributed by atoms with E-state index in [1.54, 1.807) is 0 Å². The highest BCUT2D eigenvalue weighted by atomic mass is 16.5. The van der Waals surface area contributed by atoms with Gasteiger partial charge in [0.05, 0.1) is 18.2 Å². The normalized spacial score (nSPS) is 13.3. The van der Waals surface area contributed by atoms with E-state index in [-0.39, 0.29) is 11.6 Å². The molecular formula is C16H27NO2. The summed E-state index contributed by atoms with van der Waals surface area (Å²) in [5.41, 5.74) is 7.26. The van der Waals surface area contributed by atoms with E-state index in [0.29, 0.717) is 13.2 Å². The molecule has 0 aliphatic heterocycles. The molecule has 0 fully saturated rings. The number of hydrogen-bond donors (Lipinski definition) is 1. The monoisotopic (exact) mass is 265 g/mol. The highest BCUT2D eigenvalue weighted by Gasteiger charge is 2.34. The van der Waals surface area contributed by atoms with Gasteiger partial charge in [-0.1, -0.05) is 26.0 Å². The Bertz CT molecular complexity index is 358. The van der Waals surface area contributed by atoms with Gasteiger partial charge < -0.3 is 15.2 Å². The first-order chi connectivity index (χ1) is 9.13. The van der Waals surface area contributed by atoms with Gasteiger partial charge in [0, 0.05) is 6.61 Å². The van der Waals surface area contributed by atoms with E-state index < -0.39 is 0 Å². The molecule has 0 radical (unpaired) electrons. The van der Waals surface area contributed by atoms with Crippen LogP contribution in [0.1, 0.15) is 52.1 Å². The lowest BCUT2D eigenvalue weighted by Crippen LogP contribution is -2.43. The molecule has 1 aromatic carbocycles. The molecule has 0 aromatic heterocycles. The molecule has 0 saturated heterocycles. The second-order valence-electron chi connectivity index (χ2n) is 4.68. The lowest BCUT2D eigenvalue weighted by Gasteiger charge is -2.37. The van der Waals surface area contributed by atoms with Crippen molar-refractivity contribution in [2.45, 2.75) is 52.2 Å². The molecule has 1 atom stereocenters. The Labute approximate surface area is 117 Å². The van der Waals surface area contributed by atoms with E-state index in [1.165, 1.54) is 0 Å². The average molecular weight is 265 g/mol. The Morgan fingerprint density at radius 2 is 1.58 bits per heavy atom. The summed E-state index contributed by atoms with van der Waals surface area (Å²) in [6.45, 7) is 9.63. The predicted molar refractivity (Wildman–Crippen MR) is 79.5 cm³/mol. The first-order valence-electron chi connectivity index (χ1n) is 7.25. The van der Waals surface area contributed by atoms with E-state index in [0.717, 1.165) is 24.2 Å². The molecular weight excluding hydrogens is 238 g/mol. The summed E-state index contributed by atoms with van der Waals surface area (Å²) in [6, 6.07) is 7.91. The maximum Gasteiger partial charge on any atom is 0.119 e. The van der Waals surface area contributed by atoms with Gasteiger partial charge in [0.15, 0.2) is 0 Å². The summed E-state index contributed by atoms with van der Waals surface area (Å²) in [4.78, 5) is 0. The summed E-state index contributed by atoms with van der Waals surface area (Å²) in [7, 11) is 0. The van der Waals surface area contributed by atoms with Gasteiger partial charge in [0.25, 0.3) is 0 Å². The molecule has 1 aromatic rings. The molecule has 0 aliphatic carbocycles. The van der Waals surface area contributed by atoms with Crippen LogP contribution in [0.5, 0.6) is 5.75 Å². The van der Waals surface area contributed by atoms with Crippen molar-refractivity contribution >= 4 is 0 Å². The van der Waals surface area contributed by atoms with Crippen molar-refractivity contribution in [2.75, 3.05) is 13.2 Å². The van der Waals surface area contributed by atoms with Crippen LogP contribution in [0.4, 0.5) is 0 Å². The smallest absolute Gasteiger partial charge is 0.119 e. The Hall–Kier alpha value is -1.06. The van der Waals surface area contributed by atoms with Crippen LogP contribution in [0.3, 0.4) is 0 Å². The van der Waals surface area contributed by atoms with Crippen LogP contribution in [-0.2, 0) is 4.74 Å².